The standard InChI is InChI=1S/C30H39N7O3/c1-20(39-4)27-32-23-7-5-6-8-25(23)37(27)29-33-24-10-9-22(19-35-13-11-21(12-14-35)30(2,3)38)31-26(24)28(34-29)36-15-17-40-18-16-36/h5-10,20-21,38H,11-19H2,1-4H3. The van der Waals surface area contributed by atoms with Crippen LogP contribution in [0.1, 0.15) is 51.2 Å². The van der Waals surface area contributed by atoms with Crippen LogP contribution in [0, 0.1) is 5.92 Å². The van der Waals surface area contributed by atoms with E-state index in [2.05, 4.69) is 21.9 Å². The van der Waals surface area contributed by atoms with Crippen molar-refractivity contribution in [3.05, 3.63) is 47.9 Å². The third kappa shape index (κ3) is 5.28. The van der Waals surface area contributed by atoms with Crippen molar-refractivity contribution in [1.29, 1.82) is 0 Å². The van der Waals surface area contributed by atoms with Gasteiger partial charge >= 0.3 is 0 Å². The molecule has 3 aromatic heterocycles. The summed E-state index contributed by atoms with van der Waals surface area (Å²) >= 11 is 0. The summed E-state index contributed by atoms with van der Waals surface area (Å²) in [6.07, 6.45) is 1.74. The number of likely N-dealkylation sites (tertiary alicyclic amines) is 1. The maximum Gasteiger partial charge on any atom is 0.238 e. The number of imidazole rings is 1. The van der Waals surface area contributed by atoms with Gasteiger partial charge in [-0.05, 0) is 76.9 Å². The van der Waals surface area contributed by atoms with E-state index in [0.717, 1.165) is 85.0 Å². The topological polar surface area (TPSA) is 102 Å². The third-order valence-corrected chi connectivity index (χ3v) is 8.36. The number of pyridine rings is 1. The molecule has 2 fully saturated rings. The lowest BCUT2D eigenvalue weighted by atomic mass is 9.83. The van der Waals surface area contributed by atoms with E-state index in [1.165, 1.54) is 0 Å². The summed E-state index contributed by atoms with van der Waals surface area (Å²) in [5.74, 6) is 2.47. The highest BCUT2D eigenvalue weighted by molar-refractivity contribution is 5.87. The molecule has 2 aliphatic rings. The van der Waals surface area contributed by atoms with Gasteiger partial charge in [-0.15, -0.1) is 0 Å². The first-order chi connectivity index (χ1) is 19.3. The van der Waals surface area contributed by atoms with Gasteiger partial charge in [0, 0.05) is 26.7 Å². The number of para-hydroxylation sites is 2. The number of anilines is 1. The molecule has 1 N–H and O–H groups in total. The lowest BCUT2D eigenvalue weighted by Gasteiger charge is -2.37. The van der Waals surface area contributed by atoms with Crippen LogP contribution in [0.5, 0.6) is 0 Å². The second-order valence-electron chi connectivity index (χ2n) is 11.5. The highest BCUT2D eigenvalue weighted by atomic mass is 16.5. The SMILES string of the molecule is COC(C)c1nc2ccccc2n1-c1nc(N2CCOCC2)c2nc(CN3CCC(C(C)(C)O)CC3)ccc2n1. The molecule has 0 bridgehead atoms. The van der Waals surface area contributed by atoms with Crippen LogP contribution in [0.2, 0.25) is 0 Å². The van der Waals surface area contributed by atoms with Crippen LogP contribution in [-0.2, 0) is 16.0 Å². The van der Waals surface area contributed by atoms with Gasteiger partial charge in [-0.1, -0.05) is 12.1 Å². The number of hydrogen-bond acceptors (Lipinski definition) is 9. The minimum absolute atomic E-state index is 0.236. The van der Waals surface area contributed by atoms with E-state index in [-0.39, 0.29) is 6.10 Å². The summed E-state index contributed by atoms with van der Waals surface area (Å²) in [5.41, 5.74) is 3.79. The van der Waals surface area contributed by atoms with E-state index in [0.29, 0.717) is 25.1 Å². The van der Waals surface area contributed by atoms with Crippen molar-refractivity contribution in [1.82, 2.24) is 29.4 Å². The van der Waals surface area contributed by atoms with Gasteiger partial charge < -0.3 is 19.5 Å². The van der Waals surface area contributed by atoms with Crippen molar-refractivity contribution in [3.63, 3.8) is 0 Å². The van der Waals surface area contributed by atoms with Crippen molar-refractivity contribution in [2.75, 3.05) is 51.4 Å². The van der Waals surface area contributed by atoms with Crippen molar-refractivity contribution in [3.8, 4) is 5.95 Å². The number of piperidine rings is 1. The number of fused-ring (bicyclic) bond motifs is 2. The molecule has 10 heteroatoms. The van der Waals surface area contributed by atoms with E-state index in [9.17, 15) is 5.11 Å². The number of benzene rings is 1. The van der Waals surface area contributed by atoms with Gasteiger partial charge in [0.2, 0.25) is 5.95 Å². The molecule has 0 spiro atoms. The Hall–Kier alpha value is -3.18. The smallest absolute Gasteiger partial charge is 0.238 e. The highest BCUT2D eigenvalue weighted by Gasteiger charge is 2.31. The molecule has 5 heterocycles. The first-order valence-corrected chi connectivity index (χ1v) is 14.3. The van der Waals surface area contributed by atoms with Crippen LogP contribution in [0.25, 0.3) is 28.0 Å². The summed E-state index contributed by atoms with van der Waals surface area (Å²) in [6, 6.07) is 12.2. The van der Waals surface area contributed by atoms with E-state index >= 15 is 0 Å². The Kier molecular flexibility index (Phi) is 7.43. The summed E-state index contributed by atoms with van der Waals surface area (Å²) in [6.45, 7) is 11.3. The first-order valence-electron chi connectivity index (χ1n) is 14.3. The number of rotatable bonds is 7. The van der Waals surface area contributed by atoms with Crippen molar-refractivity contribution in [2.24, 2.45) is 5.92 Å². The Bertz CT molecular complexity index is 1480. The fourth-order valence-electron chi connectivity index (χ4n) is 5.87. The Morgan fingerprint density at radius 3 is 2.45 bits per heavy atom. The van der Waals surface area contributed by atoms with Gasteiger partial charge in [-0.2, -0.15) is 4.98 Å². The van der Waals surface area contributed by atoms with Crippen molar-refractivity contribution in [2.45, 2.75) is 51.9 Å². The van der Waals surface area contributed by atoms with E-state index in [1.54, 1.807) is 7.11 Å². The molecule has 2 aliphatic heterocycles. The van der Waals surface area contributed by atoms with E-state index in [1.807, 2.05) is 49.6 Å². The lowest BCUT2D eigenvalue weighted by Crippen LogP contribution is -2.41. The predicted octanol–water partition coefficient (Wildman–Crippen LogP) is 3.89. The molecule has 40 heavy (non-hydrogen) atoms. The minimum atomic E-state index is -0.628. The van der Waals surface area contributed by atoms with Crippen LogP contribution in [0.15, 0.2) is 36.4 Å². The molecule has 10 nitrogen and oxygen atoms in total. The monoisotopic (exact) mass is 545 g/mol. The number of nitrogens with zero attached hydrogens (tertiary/aromatic N) is 7. The second-order valence-corrected chi connectivity index (χ2v) is 11.5. The molecule has 1 aromatic carbocycles. The van der Waals surface area contributed by atoms with Crippen LogP contribution < -0.4 is 4.90 Å². The normalized spacial score (nSPS) is 18.6. The molecule has 2 saturated heterocycles. The molecule has 0 radical (unpaired) electrons. The maximum absolute atomic E-state index is 10.4. The van der Waals surface area contributed by atoms with Gasteiger partial charge in [0.15, 0.2) is 5.82 Å². The molecule has 6 rings (SSSR count). The molecule has 1 atom stereocenters. The van der Waals surface area contributed by atoms with Crippen LogP contribution >= 0.6 is 0 Å². The van der Waals surface area contributed by atoms with Gasteiger partial charge in [0.05, 0.1) is 41.1 Å². The number of methoxy groups -OCH3 is 1. The van der Waals surface area contributed by atoms with Crippen LogP contribution in [-0.4, -0.2) is 86.6 Å². The van der Waals surface area contributed by atoms with Crippen molar-refractivity contribution < 1.29 is 14.6 Å². The predicted molar refractivity (Wildman–Crippen MR) is 155 cm³/mol. The minimum Gasteiger partial charge on any atom is -0.390 e. The average Bonchev–Trinajstić information content (AvgIpc) is 3.36. The van der Waals surface area contributed by atoms with E-state index < -0.39 is 5.60 Å². The lowest BCUT2D eigenvalue weighted by molar-refractivity contribution is -0.0137. The van der Waals surface area contributed by atoms with Gasteiger partial charge in [-0.3, -0.25) is 9.47 Å². The van der Waals surface area contributed by atoms with Gasteiger partial charge in [0.25, 0.3) is 0 Å². The van der Waals surface area contributed by atoms with E-state index in [4.69, 9.17) is 29.4 Å². The molecular weight excluding hydrogens is 506 g/mol. The number of hydrogen-bond donors (Lipinski definition) is 1. The average molecular weight is 546 g/mol. The fourth-order valence-corrected chi connectivity index (χ4v) is 5.87. The quantitative estimate of drug-likeness (QED) is 0.371. The number of aromatic nitrogens is 5. The third-order valence-electron chi connectivity index (χ3n) is 8.36. The fraction of sp³-hybridized carbons (Fsp3) is 0.533. The molecule has 1 unspecified atom stereocenters. The molecule has 4 aromatic rings. The zero-order chi connectivity index (χ0) is 27.9. The molecule has 0 saturated carbocycles. The largest absolute Gasteiger partial charge is 0.390 e. The van der Waals surface area contributed by atoms with Crippen molar-refractivity contribution >= 4 is 27.9 Å². The summed E-state index contributed by atoms with van der Waals surface area (Å²) in [7, 11) is 1.69. The van der Waals surface area contributed by atoms with Crippen LogP contribution in [0.4, 0.5) is 5.82 Å². The molecule has 212 valence electrons. The van der Waals surface area contributed by atoms with Gasteiger partial charge in [0.1, 0.15) is 17.4 Å². The first kappa shape index (κ1) is 27.0. The second kappa shape index (κ2) is 11.0. The summed E-state index contributed by atoms with van der Waals surface area (Å²) < 4.78 is 13.3. The Labute approximate surface area is 235 Å². The molecule has 0 amide bonds. The van der Waals surface area contributed by atoms with Crippen LogP contribution in [0.3, 0.4) is 0 Å². The summed E-state index contributed by atoms with van der Waals surface area (Å²) in [4.78, 5) is 24.8. The molecular formula is C30H39N7O3. The maximum atomic E-state index is 10.4. The highest BCUT2D eigenvalue weighted by Crippen LogP contribution is 2.31. The Morgan fingerprint density at radius 1 is 0.975 bits per heavy atom. The van der Waals surface area contributed by atoms with Gasteiger partial charge in [-0.25, -0.2) is 15.0 Å². The number of morpholine rings is 1. The zero-order valence-corrected chi connectivity index (χ0v) is 23.9. The summed E-state index contributed by atoms with van der Waals surface area (Å²) in [5, 5.41) is 10.4. The number of ether oxygens (including phenoxy) is 2. The Morgan fingerprint density at radius 2 is 1.73 bits per heavy atom. The number of aliphatic hydroxyl groups is 1. The zero-order valence-electron chi connectivity index (χ0n) is 23.9. The molecule has 0 aliphatic carbocycles. The Balaban J connectivity index is 1.40.